The Balaban J connectivity index is 1.15. The topological polar surface area (TPSA) is 151 Å². The Bertz CT molecular complexity index is 1970. The highest BCUT2D eigenvalue weighted by Gasteiger charge is 2.47. The zero-order valence-electron chi connectivity index (χ0n) is 30.8. The molecule has 3 saturated heterocycles. The molecule has 2 amide bonds. The number of carbonyl (C=O) groups excluding carboxylic acids is 2. The van der Waals surface area contributed by atoms with Crippen LogP contribution in [0.2, 0.25) is 0 Å². The number of morpholine rings is 1. The summed E-state index contributed by atoms with van der Waals surface area (Å²) in [6, 6.07) is 8.34. The lowest BCUT2D eigenvalue weighted by atomic mass is 9.75. The van der Waals surface area contributed by atoms with E-state index in [9.17, 15) is 22.8 Å². The number of hydrogen-bond acceptors (Lipinski definition) is 11. The number of anilines is 2. The van der Waals surface area contributed by atoms with Gasteiger partial charge < -0.3 is 29.0 Å². The van der Waals surface area contributed by atoms with Crippen molar-refractivity contribution in [2.45, 2.75) is 75.9 Å². The molecule has 0 saturated carbocycles. The molecule has 54 heavy (non-hydrogen) atoms. The van der Waals surface area contributed by atoms with Crippen LogP contribution < -0.4 is 10.2 Å². The summed E-state index contributed by atoms with van der Waals surface area (Å²) in [5.74, 6) is 0.721. The van der Waals surface area contributed by atoms with Crippen LogP contribution in [-0.2, 0) is 52.4 Å². The average Bonchev–Trinajstić information content (AvgIpc) is 3.77. The number of benzene rings is 1. The van der Waals surface area contributed by atoms with Crippen molar-refractivity contribution < 1.29 is 37.0 Å². The molecule has 0 radical (unpaired) electrons. The number of hydrogen-bond donors (Lipinski definition) is 1. The van der Waals surface area contributed by atoms with Gasteiger partial charge in [0, 0.05) is 57.2 Å². The van der Waals surface area contributed by atoms with Gasteiger partial charge in [0.2, 0.25) is 0 Å². The zero-order chi connectivity index (χ0) is 38.5. The highest BCUT2D eigenvalue weighted by molar-refractivity contribution is 6.10. The fraction of sp³-hybridized carbons (Fsp3) is 0.568. The molecule has 1 unspecified atom stereocenters. The minimum absolute atomic E-state index is 0.0225. The van der Waals surface area contributed by atoms with Crippen LogP contribution in [-0.4, -0.2) is 105 Å². The number of rotatable bonds is 9. The minimum atomic E-state index is -4.72. The van der Waals surface area contributed by atoms with E-state index < -0.39 is 40.4 Å². The van der Waals surface area contributed by atoms with Crippen molar-refractivity contribution in [2.75, 3.05) is 62.8 Å². The van der Waals surface area contributed by atoms with Gasteiger partial charge in [0.05, 0.1) is 56.6 Å². The first-order valence-electron chi connectivity index (χ1n) is 18.0. The second-order valence-electron chi connectivity index (χ2n) is 15.7. The molecule has 1 N–H and O–H groups in total. The van der Waals surface area contributed by atoms with Gasteiger partial charge in [-0.25, -0.2) is 9.78 Å². The highest BCUT2D eigenvalue weighted by atomic mass is 19.4. The number of alkyl halides is 3. The van der Waals surface area contributed by atoms with Crippen LogP contribution >= 0.6 is 0 Å². The number of aromatic nitrogens is 4. The first-order chi connectivity index (χ1) is 25.6. The molecule has 4 aliphatic heterocycles. The van der Waals surface area contributed by atoms with E-state index in [-0.39, 0.29) is 43.0 Å². The van der Waals surface area contributed by atoms with Crippen LogP contribution in [0.15, 0.2) is 30.6 Å². The van der Waals surface area contributed by atoms with E-state index in [4.69, 9.17) is 19.5 Å². The Labute approximate surface area is 311 Å². The minimum Gasteiger partial charge on any atom is -0.444 e. The Morgan fingerprint density at radius 2 is 1.93 bits per heavy atom. The number of likely N-dealkylation sites (tertiary alicyclic amines) is 1. The SMILES string of the molecule is Cn1cnnc1CC1(c2cc(NCCC#N)nc(N3Cc4c(cc(CN5CCC6(C5)CN(C(=O)OC(C)(C)C)CCO6)cc4C(F)(F)F)C3=O)c2)COC1. The number of nitrogens with zero attached hydrogens (tertiary/aromatic N) is 8. The van der Waals surface area contributed by atoms with Crippen molar-refractivity contribution in [2.24, 2.45) is 7.05 Å². The molecule has 1 spiro atoms. The normalized spacial score (nSPS) is 21.3. The Morgan fingerprint density at radius 1 is 1.13 bits per heavy atom. The summed E-state index contributed by atoms with van der Waals surface area (Å²) in [6.07, 6.45) is -2.27. The average molecular weight is 752 g/mol. The Kier molecular flexibility index (Phi) is 9.82. The molecule has 3 fully saturated rings. The summed E-state index contributed by atoms with van der Waals surface area (Å²) in [5.41, 5.74) is -1.72. The Hall–Kier alpha value is -4.79. The molecule has 3 aromatic rings. The van der Waals surface area contributed by atoms with Gasteiger partial charge in [-0.1, -0.05) is 0 Å². The molecule has 4 aliphatic rings. The van der Waals surface area contributed by atoms with Gasteiger partial charge in [-0.05, 0) is 68.1 Å². The number of nitrogens with one attached hydrogen (secondary N) is 1. The molecule has 1 atom stereocenters. The smallest absolute Gasteiger partial charge is 0.416 e. The number of halogens is 3. The third kappa shape index (κ3) is 7.59. The predicted octanol–water partition coefficient (Wildman–Crippen LogP) is 4.44. The number of fused-ring (bicyclic) bond motifs is 1. The molecule has 0 aliphatic carbocycles. The fourth-order valence-electron chi connectivity index (χ4n) is 7.68. The lowest BCUT2D eigenvalue weighted by molar-refractivity contribution is -0.138. The second-order valence-corrected chi connectivity index (χ2v) is 15.7. The van der Waals surface area contributed by atoms with Gasteiger partial charge in [-0.3, -0.25) is 14.6 Å². The van der Waals surface area contributed by atoms with Crippen LogP contribution in [0.3, 0.4) is 0 Å². The predicted molar refractivity (Wildman–Crippen MR) is 189 cm³/mol. The van der Waals surface area contributed by atoms with Crippen LogP contribution in [0.4, 0.5) is 29.6 Å². The van der Waals surface area contributed by atoms with E-state index in [0.717, 1.165) is 17.5 Å². The maximum atomic E-state index is 14.7. The summed E-state index contributed by atoms with van der Waals surface area (Å²) in [4.78, 5) is 36.5. The van der Waals surface area contributed by atoms with E-state index in [0.29, 0.717) is 70.2 Å². The molecule has 17 heteroatoms. The van der Waals surface area contributed by atoms with E-state index in [1.165, 1.54) is 4.90 Å². The molecular formula is C37H44F3N9O5. The quantitative estimate of drug-likeness (QED) is 0.309. The monoisotopic (exact) mass is 751 g/mol. The van der Waals surface area contributed by atoms with Crippen LogP contribution in [0, 0.1) is 11.3 Å². The first kappa shape index (κ1) is 37.5. The number of pyridine rings is 1. The van der Waals surface area contributed by atoms with Crippen molar-refractivity contribution >= 4 is 23.6 Å². The van der Waals surface area contributed by atoms with Gasteiger partial charge in [0.1, 0.15) is 29.4 Å². The van der Waals surface area contributed by atoms with Crippen molar-refractivity contribution in [3.8, 4) is 6.07 Å². The number of aryl methyl sites for hydroxylation is 1. The molecule has 14 nitrogen and oxygen atoms in total. The lowest BCUT2D eigenvalue weighted by Gasteiger charge is -2.42. The summed E-state index contributed by atoms with van der Waals surface area (Å²) in [7, 11) is 1.84. The number of carbonyl (C=O) groups is 2. The van der Waals surface area contributed by atoms with Crippen molar-refractivity contribution in [3.05, 3.63) is 64.2 Å². The van der Waals surface area contributed by atoms with E-state index in [1.54, 1.807) is 44.1 Å². The molecule has 0 bridgehead atoms. The third-order valence-electron chi connectivity index (χ3n) is 10.4. The van der Waals surface area contributed by atoms with Crippen molar-refractivity contribution in [1.82, 2.24) is 29.5 Å². The van der Waals surface area contributed by atoms with E-state index >= 15 is 0 Å². The van der Waals surface area contributed by atoms with Crippen LogP contribution in [0.5, 0.6) is 0 Å². The molecule has 288 valence electrons. The van der Waals surface area contributed by atoms with Crippen LogP contribution in [0.1, 0.15) is 72.0 Å². The third-order valence-corrected chi connectivity index (χ3v) is 10.4. The maximum Gasteiger partial charge on any atom is 0.416 e. The number of ether oxygens (including phenoxy) is 3. The Morgan fingerprint density at radius 3 is 2.59 bits per heavy atom. The molecule has 7 rings (SSSR count). The maximum absolute atomic E-state index is 14.7. The van der Waals surface area contributed by atoms with Gasteiger partial charge in [0.15, 0.2) is 0 Å². The summed E-state index contributed by atoms with van der Waals surface area (Å²) in [5, 5.41) is 20.5. The fourth-order valence-corrected chi connectivity index (χ4v) is 7.68. The molecule has 1 aromatic carbocycles. The summed E-state index contributed by atoms with van der Waals surface area (Å²) >= 11 is 0. The van der Waals surface area contributed by atoms with E-state index in [1.807, 2.05) is 22.6 Å². The second kappa shape index (κ2) is 14.1. The van der Waals surface area contributed by atoms with E-state index in [2.05, 4.69) is 26.6 Å². The number of amides is 2. The van der Waals surface area contributed by atoms with Gasteiger partial charge in [-0.2, -0.15) is 18.4 Å². The summed E-state index contributed by atoms with van der Waals surface area (Å²) in [6.45, 7) is 8.24. The lowest BCUT2D eigenvalue weighted by Crippen LogP contribution is -2.55. The standard InChI is InChI=1S/C37H44F3N9O5/c1-34(2,3)54-33(51)48-10-11-53-36(20-48)6-9-47(19-36)17-24-12-26-27(28(13-24)37(38,39)40)18-49(32(26)50)30-15-25(14-29(44-30)42-8-5-7-41)35(21-52-22-35)16-31-45-43-23-46(31)4/h12-15,23H,5-6,8-11,16-22H2,1-4H3,(H,42,44). The van der Waals surface area contributed by atoms with Gasteiger partial charge in [0.25, 0.3) is 5.91 Å². The molecule has 6 heterocycles. The summed E-state index contributed by atoms with van der Waals surface area (Å²) < 4.78 is 63.5. The zero-order valence-corrected chi connectivity index (χ0v) is 30.8. The van der Waals surface area contributed by atoms with Crippen LogP contribution in [0.25, 0.3) is 0 Å². The van der Waals surface area contributed by atoms with Gasteiger partial charge >= 0.3 is 12.3 Å². The molecular weight excluding hydrogens is 707 g/mol. The first-order valence-corrected chi connectivity index (χ1v) is 18.0. The van der Waals surface area contributed by atoms with Crippen molar-refractivity contribution in [3.63, 3.8) is 0 Å². The van der Waals surface area contributed by atoms with Gasteiger partial charge in [-0.15, -0.1) is 10.2 Å². The largest absolute Gasteiger partial charge is 0.444 e. The van der Waals surface area contributed by atoms with Crippen molar-refractivity contribution in [1.29, 1.82) is 5.26 Å². The highest BCUT2D eigenvalue weighted by Crippen LogP contribution is 2.42. The number of nitriles is 1. The molecule has 2 aromatic heterocycles.